The Labute approximate surface area is 134 Å². The zero-order valence-corrected chi connectivity index (χ0v) is 14.4. The van der Waals surface area contributed by atoms with Crippen LogP contribution in [0.3, 0.4) is 0 Å². The summed E-state index contributed by atoms with van der Waals surface area (Å²) in [6.45, 7) is 6.45. The smallest absolute Gasteiger partial charge is 0.177 e. The van der Waals surface area contributed by atoms with Crippen molar-refractivity contribution in [1.82, 2.24) is 0 Å². The molecule has 0 heterocycles. The van der Waals surface area contributed by atoms with E-state index in [0.29, 0.717) is 5.02 Å². The van der Waals surface area contributed by atoms with Crippen molar-refractivity contribution in [3.63, 3.8) is 0 Å². The topological polar surface area (TPSA) is 40.5 Å². The van der Waals surface area contributed by atoms with Crippen LogP contribution in [-0.4, -0.2) is 10.2 Å². The molecule has 1 rings (SSSR count). The van der Waals surface area contributed by atoms with Gasteiger partial charge in [0.25, 0.3) is 0 Å². The number of hydrogen-bond acceptors (Lipinski definition) is 2. The molecule has 0 aliphatic rings. The first kappa shape index (κ1) is 18.2. The summed E-state index contributed by atoms with van der Waals surface area (Å²) in [6.07, 6.45) is 9.04. The van der Waals surface area contributed by atoms with E-state index in [1.807, 2.05) is 0 Å². The maximum atomic E-state index is 10.3. The zero-order chi connectivity index (χ0) is 15.8. The number of rotatable bonds is 9. The van der Waals surface area contributed by atoms with Crippen LogP contribution in [0.5, 0.6) is 11.5 Å². The molecule has 0 amide bonds. The largest absolute Gasteiger partial charge is 0.504 e. The first-order valence-corrected chi connectivity index (χ1v) is 8.70. The maximum Gasteiger partial charge on any atom is 0.177 e. The minimum absolute atomic E-state index is 0.000184. The minimum atomic E-state index is -0.130. The van der Waals surface area contributed by atoms with E-state index in [1.165, 1.54) is 5.56 Å². The minimum Gasteiger partial charge on any atom is -0.504 e. The highest BCUT2D eigenvalue weighted by atomic mass is 35.5. The Morgan fingerprint density at radius 1 is 0.667 bits per heavy atom. The van der Waals surface area contributed by atoms with Crippen molar-refractivity contribution >= 4 is 11.6 Å². The van der Waals surface area contributed by atoms with Crippen LogP contribution in [0, 0.1) is 0 Å². The molecule has 2 N–H and O–H groups in total. The molecule has 21 heavy (non-hydrogen) atoms. The van der Waals surface area contributed by atoms with Gasteiger partial charge in [0.2, 0.25) is 0 Å². The third-order valence-corrected chi connectivity index (χ3v) is 4.46. The van der Waals surface area contributed by atoms with Gasteiger partial charge in [0.1, 0.15) is 0 Å². The highest BCUT2D eigenvalue weighted by Gasteiger charge is 2.21. The number of benzene rings is 1. The van der Waals surface area contributed by atoms with E-state index in [9.17, 15) is 10.2 Å². The number of halogens is 1. The highest BCUT2D eigenvalue weighted by molar-refractivity contribution is 6.33. The van der Waals surface area contributed by atoms with E-state index in [0.717, 1.165) is 68.9 Å². The molecule has 0 aliphatic carbocycles. The van der Waals surface area contributed by atoms with E-state index in [-0.39, 0.29) is 11.5 Å². The summed E-state index contributed by atoms with van der Waals surface area (Å²) in [6, 6.07) is 0. The quantitative estimate of drug-likeness (QED) is 0.567. The molecule has 0 spiro atoms. The van der Waals surface area contributed by atoms with Gasteiger partial charge in [-0.1, -0.05) is 51.6 Å². The Morgan fingerprint density at radius 3 is 1.57 bits per heavy atom. The highest BCUT2D eigenvalue weighted by Crippen LogP contribution is 2.43. The van der Waals surface area contributed by atoms with Crippen LogP contribution in [0.1, 0.15) is 76.0 Å². The van der Waals surface area contributed by atoms with Gasteiger partial charge >= 0.3 is 0 Å². The number of hydrogen-bond donors (Lipinski definition) is 2. The molecule has 0 saturated carbocycles. The lowest BCUT2D eigenvalue weighted by Gasteiger charge is -2.19. The second kappa shape index (κ2) is 9.19. The molecule has 0 saturated heterocycles. The molecular formula is C18H29ClO2. The van der Waals surface area contributed by atoms with Gasteiger partial charge in [-0.3, -0.25) is 0 Å². The Hall–Kier alpha value is -0.890. The van der Waals surface area contributed by atoms with Crippen LogP contribution in [0.4, 0.5) is 0 Å². The molecule has 0 fully saturated rings. The van der Waals surface area contributed by atoms with E-state index >= 15 is 0 Å². The van der Waals surface area contributed by atoms with E-state index in [2.05, 4.69) is 20.8 Å². The van der Waals surface area contributed by atoms with Gasteiger partial charge in [-0.2, -0.15) is 0 Å². The first-order valence-electron chi connectivity index (χ1n) is 8.32. The van der Waals surface area contributed by atoms with Gasteiger partial charge in [0, 0.05) is 5.56 Å². The fourth-order valence-electron chi connectivity index (χ4n) is 2.74. The summed E-state index contributed by atoms with van der Waals surface area (Å²) in [5.41, 5.74) is 3.14. The third kappa shape index (κ3) is 4.54. The van der Waals surface area contributed by atoms with Crippen LogP contribution in [-0.2, 0) is 19.3 Å². The normalized spacial score (nSPS) is 11.0. The van der Waals surface area contributed by atoms with Gasteiger partial charge < -0.3 is 10.2 Å². The van der Waals surface area contributed by atoms with Crippen molar-refractivity contribution in [3.05, 3.63) is 21.7 Å². The van der Waals surface area contributed by atoms with Crippen molar-refractivity contribution in [1.29, 1.82) is 0 Å². The first-order chi connectivity index (χ1) is 10.1. The van der Waals surface area contributed by atoms with Crippen LogP contribution < -0.4 is 0 Å². The predicted octanol–water partition coefficient (Wildman–Crippen LogP) is 5.78. The standard InChI is InChI=1S/C18H29ClO2/c1-4-7-10-13-14(11-8-5-2)16(19)18(21)17(20)15(13)12-9-6-3/h20-21H,4-12H2,1-3H3. The molecule has 0 aliphatic heterocycles. The van der Waals surface area contributed by atoms with Crippen LogP contribution >= 0.6 is 11.6 Å². The Bertz CT molecular complexity index is 420. The number of unbranched alkanes of at least 4 members (excludes halogenated alkanes) is 3. The molecule has 0 atom stereocenters. The van der Waals surface area contributed by atoms with E-state index in [4.69, 9.17) is 11.6 Å². The zero-order valence-electron chi connectivity index (χ0n) is 13.6. The summed E-state index contributed by atoms with van der Waals surface area (Å²) in [5, 5.41) is 20.8. The molecule has 3 heteroatoms. The van der Waals surface area contributed by atoms with Crippen molar-refractivity contribution < 1.29 is 10.2 Å². The molecule has 120 valence electrons. The van der Waals surface area contributed by atoms with Crippen molar-refractivity contribution in [2.75, 3.05) is 0 Å². The second-order valence-corrected chi connectivity index (χ2v) is 6.14. The lowest BCUT2D eigenvalue weighted by Crippen LogP contribution is -2.04. The Kier molecular flexibility index (Phi) is 7.95. The van der Waals surface area contributed by atoms with Crippen LogP contribution in [0.15, 0.2) is 0 Å². The van der Waals surface area contributed by atoms with Gasteiger partial charge in [0.15, 0.2) is 11.5 Å². The Balaban J connectivity index is 3.32. The summed E-state index contributed by atoms with van der Waals surface area (Å²) >= 11 is 6.31. The van der Waals surface area contributed by atoms with Crippen molar-refractivity contribution in [2.24, 2.45) is 0 Å². The average molecular weight is 313 g/mol. The molecule has 0 unspecified atom stereocenters. The molecule has 1 aromatic rings. The lowest BCUT2D eigenvalue weighted by molar-refractivity contribution is 0.397. The second-order valence-electron chi connectivity index (χ2n) is 5.76. The maximum absolute atomic E-state index is 10.3. The molecule has 2 nitrogen and oxygen atoms in total. The number of phenols is 2. The third-order valence-electron chi connectivity index (χ3n) is 4.05. The molecule has 0 radical (unpaired) electrons. The number of aromatic hydroxyl groups is 2. The van der Waals surface area contributed by atoms with Gasteiger partial charge in [0.05, 0.1) is 5.02 Å². The molecule has 1 aromatic carbocycles. The SMILES string of the molecule is CCCCc1c(O)c(O)c(Cl)c(CCCC)c1CCCC. The van der Waals surface area contributed by atoms with Gasteiger partial charge in [-0.05, 0) is 49.7 Å². The summed E-state index contributed by atoms with van der Waals surface area (Å²) in [5.74, 6) is -0.131. The van der Waals surface area contributed by atoms with E-state index in [1.54, 1.807) is 0 Å². The molecular weight excluding hydrogens is 284 g/mol. The van der Waals surface area contributed by atoms with Crippen LogP contribution in [0.25, 0.3) is 0 Å². The molecule has 0 aromatic heterocycles. The van der Waals surface area contributed by atoms with Crippen molar-refractivity contribution in [2.45, 2.75) is 78.6 Å². The molecule has 0 bridgehead atoms. The lowest BCUT2D eigenvalue weighted by atomic mass is 9.89. The Morgan fingerprint density at radius 2 is 1.10 bits per heavy atom. The average Bonchev–Trinajstić information content (AvgIpc) is 2.49. The fourth-order valence-corrected chi connectivity index (χ4v) is 3.04. The number of phenolic OH excluding ortho intramolecular Hbond substituents is 2. The van der Waals surface area contributed by atoms with Crippen LogP contribution in [0.2, 0.25) is 5.02 Å². The van der Waals surface area contributed by atoms with E-state index < -0.39 is 0 Å². The summed E-state index contributed by atoms with van der Waals surface area (Å²) in [7, 11) is 0. The predicted molar refractivity (Wildman–Crippen MR) is 90.6 cm³/mol. The van der Waals surface area contributed by atoms with Crippen molar-refractivity contribution in [3.8, 4) is 11.5 Å². The summed E-state index contributed by atoms with van der Waals surface area (Å²) in [4.78, 5) is 0. The monoisotopic (exact) mass is 312 g/mol. The van der Waals surface area contributed by atoms with Gasteiger partial charge in [-0.15, -0.1) is 0 Å². The summed E-state index contributed by atoms with van der Waals surface area (Å²) < 4.78 is 0. The van der Waals surface area contributed by atoms with Gasteiger partial charge in [-0.25, -0.2) is 0 Å². The fraction of sp³-hybridized carbons (Fsp3) is 0.667.